The highest BCUT2D eigenvalue weighted by Crippen LogP contribution is 2.13. The molecule has 0 radical (unpaired) electrons. The molecule has 0 amide bonds. The minimum Gasteiger partial charge on any atom is -0.493 e. The number of alkyl halides is 1. The molecule has 0 saturated heterocycles. The van der Waals surface area contributed by atoms with Crippen LogP contribution in [-0.4, -0.2) is 23.6 Å². The fourth-order valence-corrected chi connectivity index (χ4v) is 1.28. The van der Waals surface area contributed by atoms with Crippen molar-refractivity contribution in [1.82, 2.24) is 0 Å². The zero-order valence-corrected chi connectivity index (χ0v) is 10.7. The lowest BCUT2D eigenvalue weighted by atomic mass is 10.2. The van der Waals surface area contributed by atoms with E-state index in [0.717, 1.165) is 10.2 Å². The Hall–Kier alpha value is -0.780. The van der Waals surface area contributed by atoms with Gasteiger partial charge in [0, 0.05) is 4.43 Å². The third-order valence-corrected chi connectivity index (χ3v) is 2.15. The summed E-state index contributed by atoms with van der Waals surface area (Å²) in [5.41, 5.74) is 0.554. The topological polar surface area (TPSA) is 35.5 Å². The molecule has 1 aromatic rings. The SMILES string of the molecule is CCOC(=O)c1ccc(OCCI)cc1. The first kappa shape index (κ1) is 12.3. The predicted molar refractivity (Wildman–Crippen MR) is 66.8 cm³/mol. The molecular weight excluding hydrogens is 307 g/mol. The summed E-state index contributed by atoms with van der Waals surface area (Å²) in [6, 6.07) is 6.97. The van der Waals surface area contributed by atoms with Crippen LogP contribution in [0.2, 0.25) is 0 Å². The Kier molecular flexibility index (Phi) is 5.45. The summed E-state index contributed by atoms with van der Waals surface area (Å²) < 4.78 is 11.2. The highest BCUT2D eigenvalue weighted by molar-refractivity contribution is 14.1. The lowest BCUT2D eigenvalue weighted by molar-refractivity contribution is 0.0526. The largest absolute Gasteiger partial charge is 0.493 e. The van der Waals surface area contributed by atoms with Gasteiger partial charge in [-0.15, -0.1) is 0 Å². The highest BCUT2D eigenvalue weighted by atomic mass is 127. The van der Waals surface area contributed by atoms with E-state index in [1.54, 1.807) is 31.2 Å². The van der Waals surface area contributed by atoms with E-state index >= 15 is 0 Å². The summed E-state index contributed by atoms with van der Waals surface area (Å²) in [7, 11) is 0. The Morgan fingerprint density at radius 1 is 1.33 bits per heavy atom. The Morgan fingerprint density at radius 3 is 2.53 bits per heavy atom. The van der Waals surface area contributed by atoms with Gasteiger partial charge < -0.3 is 9.47 Å². The highest BCUT2D eigenvalue weighted by Gasteiger charge is 2.05. The molecule has 0 fully saturated rings. The summed E-state index contributed by atoms with van der Waals surface area (Å²) in [5, 5.41) is 0. The van der Waals surface area contributed by atoms with Crippen molar-refractivity contribution in [3.8, 4) is 5.75 Å². The number of rotatable bonds is 5. The molecule has 15 heavy (non-hydrogen) atoms. The van der Waals surface area contributed by atoms with Gasteiger partial charge in [-0.25, -0.2) is 4.79 Å². The van der Waals surface area contributed by atoms with Crippen LogP contribution in [0.1, 0.15) is 17.3 Å². The van der Waals surface area contributed by atoms with Gasteiger partial charge in [0.1, 0.15) is 5.75 Å². The van der Waals surface area contributed by atoms with Crippen LogP contribution in [0.15, 0.2) is 24.3 Å². The molecule has 0 bridgehead atoms. The minimum atomic E-state index is -0.294. The average molecular weight is 320 g/mol. The minimum absolute atomic E-state index is 0.294. The van der Waals surface area contributed by atoms with E-state index in [1.807, 2.05) is 0 Å². The lowest BCUT2D eigenvalue weighted by Crippen LogP contribution is -2.04. The van der Waals surface area contributed by atoms with E-state index in [1.165, 1.54) is 0 Å². The van der Waals surface area contributed by atoms with Gasteiger partial charge in [-0.2, -0.15) is 0 Å². The van der Waals surface area contributed by atoms with Crippen LogP contribution in [0.3, 0.4) is 0 Å². The van der Waals surface area contributed by atoms with E-state index in [-0.39, 0.29) is 5.97 Å². The van der Waals surface area contributed by atoms with Crippen LogP contribution in [0.4, 0.5) is 0 Å². The van der Waals surface area contributed by atoms with Crippen molar-refractivity contribution < 1.29 is 14.3 Å². The average Bonchev–Trinajstić information content (AvgIpc) is 2.27. The normalized spacial score (nSPS) is 9.73. The number of benzene rings is 1. The standard InChI is InChI=1S/C11H13IO3/c1-2-14-11(13)9-3-5-10(6-4-9)15-8-7-12/h3-6H,2,7-8H2,1H3. The maximum atomic E-state index is 11.3. The van der Waals surface area contributed by atoms with Gasteiger partial charge in [0.15, 0.2) is 0 Å². The first-order chi connectivity index (χ1) is 7.27. The first-order valence-electron chi connectivity index (χ1n) is 4.74. The van der Waals surface area contributed by atoms with Crippen molar-refractivity contribution in [2.24, 2.45) is 0 Å². The zero-order valence-electron chi connectivity index (χ0n) is 8.53. The molecule has 0 atom stereocenters. The molecule has 0 unspecified atom stereocenters. The quantitative estimate of drug-likeness (QED) is 0.475. The number of halogens is 1. The van der Waals surface area contributed by atoms with Crippen LogP contribution in [0.5, 0.6) is 5.75 Å². The van der Waals surface area contributed by atoms with Crippen LogP contribution in [0.25, 0.3) is 0 Å². The Labute approximate surface area is 103 Å². The van der Waals surface area contributed by atoms with Crippen LogP contribution < -0.4 is 4.74 Å². The fourth-order valence-electron chi connectivity index (χ4n) is 1.06. The van der Waals surface area contributed by atoms with Gasteiger partial charge >= 0.3 is 5.97 Å². The maximum Gasteiger partial charge on any atom is 0.338 e. The molecule has 1 rings (SSSR count). The molecule has 82 valence electrons. The van der Waals surface area contributed by atoms with E-state index in [0.29, 0.717) is 18.8 Å². The third kappa shape index (κ3) is 4.07. The molecule has 4 heteroatoms. The molecule has 0 N–H and O–H groups in total. The van der Waals surface area contributed by atoms with Crippen molar-refractivity contribution in [3.63, 3.8) is 0 Å². The summed E-state index contributed by atoms with van der Waals surface area (Å²) in [4.78, 5) is 11.3. The second-order valence-electron chi connectivity index (χ2n) is 2.78. The molecule has 0 saturated carbocycles. The fraction of sp³-hybridized carbons (Fsp3) is 0.364. The van der Waals surface area contributed by atoms with Gasteiger partial charge in [-0.1, -0.05) is 22.6 Å². The second kappa shape index (κ2) is 6.66. The summed E-state index contributed by atoms with van der Waals surface area (Å²) >= 11 is 2.24. The molecule has 3 nitrogen and oxygen atoms in total. The van der Waals surface area contributed by atoms with Crippen LogP contribution in [0, 0.1) is 0 Å². The molecule has 0 spiro atoms. The van der Waals surface area contributed by atoms with E-state index in [9.17, 15) is 4.79 Å². The number of ether oxygens (including phenoxy) is 2. The Bertz CT molecular complexity index is 308. The molecule has 0 heterocycles. The molecular formula is C11H13IO3. The zero-order chi connectivity index (χ0) is 11.1. The summed E-state index contributed by atoms with van der Waals surface area (Å²) in [5.74, 6) is 0.484. The monoisotopic (exact) mass is 320 g/mol. The van der Waals surface area contributed by atoms with Crippen molar-refractivity contribution in [3.05, 3.63) is 29.8 Å². The van der Waals surface area contributed by atoms with Crippen LogP contribution in [-0.2, 0) is 4.74 Å². The van der Waals surface area contributed by atoms with Crippen LogP contribution >= 0.6 is 22.6 Å². The van der Waals surface area contributed by atoms with E-state index in [2.05, 4.69) is 22.6 Å². The van der Waals surface area contributed by atoms with E-state index < -0.39 is 0 Å². The van der Waals surface area contributed by atoms with Gasteiger partial charge in [0.2, 0.25) is 0 Å². The first-order valence-corrected chi connectivity index (χ1v) is 6.26. The third-order valence-electron chi connectivity index (χ3n) is 1.71. The molecule has 0 aromatic heterocycles. The molecule has 0 aliphatic carbocycles. The number of esters is 1. The molecule has 0 aliphatic rings. The summed E-state index contributed by atoms with van der Waals surface area (Å²) in [6.07, 6.45) is 0. The number of hydrogen-bond donors (Lipinski definition) is 0. The molecule has 1 aromatic carbocycles. The lowest BCUT2D eigenvalue weighted by Gasteiger charge is -2.05. The van der Waals surface area contributed by atoms with Gasteiger partial charge in [0.05, 0.1) is 18.8 Å². The molecule has 0 aliphatic heterocycles. The smallest absolute Gasteiger partial charge is 0.338 e. The van der Waals surface area contributed by atoms with Gasteiger partial charge in [-0.3, -0.25) is 0 Å². The second-order valence-corrected chi connectivity index (χ2v) is 3.86. The van der Waals surface area contributed by atoms with Gasteiger partial charge in [-0.05, 0) is 31.2 Å². The predicted octanol–water partition coefficient (Wildman–Crippen LogP) is 2.68. The Morgan fingerprint density at radius 2 is 2.00 bits per heavy atom. The van der Waals surface area contributed by atoms with Crippen molar-refractivity contribution in [2.75, 3.05) is 17.6 Å². The van der Waals surface area contributed by atoms with Crippen molar-refractivity contribution in [2.45, 2.75) is 6.92 Å². The number of carbonyl (C=O) groups is 1. The Balaban J connectivity index is 2.59. The van der Waals surface area contributed by atoms with E-state index in [4.69, 9.17) is 9.47 Å². The van der Waals surface area contributed by atoms with Crippen molar-refractivity contribution >= 4 is 28.6 Å². The van der Waals surface area contributed by atoms with Gasteiger partial charge in [0.25, 0.3) is 0 Å². The number of hydrogen-bond acceptors (Lipinski definition) is 3. The maximum absolute atomic E-state index is 11.3. The number of carbonyl (C=O) groups excluding carboxylic acids is 1. The van der Waals surface area contributed by atoms with Crippen molar-refractivity contribution in [1.29, 1.82) is 0 Å². The summed E-state index contributed by atoms with van der Waals surface area (Å²) in [6.45, 7) is 2.86.